The standard InChI is InChI=1S/C17H16O2/c18-13-5-4-6-14-9-11-16(12-10-14)17(19)15-7-2-1-3-8-15/h1-4,6-12,18H,5,13H2. The Morgan fingerprint density at radius 3 is 2.21 bits per heavy atom. The Kier molecular flexibility index (Phi) is 4.65. The number of benzene rings is 2. The normalized spacial score (nSPS) is 10.8. The first-order chi connectivity index (χ1) is 9.31. The number of rotatable bonds is 5. The number of aliphatic hydroxyl groups excluding tert-OH is 1. The molecule has 0 radical (unpaired) electrons. The highest BCUT2D eigenvalue weighted by molar-refractivity contribution is 6.09. The van der Waals surface area contributed by atoms with Gasteiger partial charge in [-0.3, -0.25) is 4.79 Å². The molecule has 0 spiro atoms. The molecule has 96 valence electrons. The van der Waals surface area contributed by atoms with Gasteiger partial charge in [-0.15, -0.1) is 0 Å². The van der Waals surface area contributed by atoms with E-state index in [2.05, 4.69) is 0 Å². The van der Waals surface area contributed by atoms with Gasteiger partial charge in [0.1, 0.15) is 0 Å². The molecule has 0 heterocycles. The first-order valence-electron chi connectivity index (χ1n) is 6.28. The van der Waals surface area contributed by atoms with Crippen molar-refractivity contribution in [1.29, 1.82) is 0 Å². The molecular weight excluding hydrogens is 236 g/mol. The number of ketones is 1. The van der Waals surface area contributed by atoms with Gasteiger partial charge in [-0.1, -0.05) is 66.7 Å². The van der Waals surface area contributed by atoms with E-state index in [1.54, 1.807) is 0 Å². The maximum Gasteiger partial charge on any atom is 0.193 e. The molecule has 0 aromatic heterocycles. The molecule has 2 aromatic carbocycles. The molecule has 2 aromatic rings. The molecule has 0 amide bonds. The van der Waals surface area contributed by atoms with Crippen LogP contribution in [0.1, 0.15) is 27.9 Å². The predicted molar refractivity (Wildman–Crippen MR) is 77.1 cm³/mol. The van der Waals surface area contributed by atoms with E-state index in [-0.39, 0.29) is 12.4 Å². The van der Waals surface area contributed by atoms with Crippen molar-refractivity contribution in [2.45, 2.75) is 6.42 Å². The molecule has 0 aliphatic heterocycles. The topological polar surface area (TPSA) is 37.3 Å². The van der Waals surface area contributed by atoms with Crippen molar-refractivity contribution in [1.82, 2.24) is 0 Å². The molecule has 0 aliphatic carbocycles. The third-order valence-electron chi connectivity index (χ3n) is 2.81. The number of hydrogen-bond donors (Lipinski definition) is 1. The predicted octanol–water partition coefficient (Wildman–Crippen LogP) is 3.31. The summed E-state index contributed by atoms with van der Waals surface area (Å²) >= 11 is 0. The first kappa shape index (κ1) is 13.2. The molecule has 1 N–H and O–H groups in total. The van der Waals surface area contributed by atoms with Crippen LogP contribution >= 0.6 is 0 Å². The summed E-state index contributed by atoms with van der Waals surface area (Å²) in [6, 6.07) is 16.7. The summed E-state index contributed by atoms with van der Waals surface area (Å²) in [5.74, 6) is 0.0338. The molecule has 0 saturated carbocycles. The van der Waals surface area contributed by atoms with Crippen molar-refractivity contribution in [3.63, 3.8) is 0 Å². The zero-order valence-electron chi connectivity index (χ0n) is 10.6. The van der Waals surface area contributed by atoms with E-state index in [1.807, 2.05) is 66.7 Å². The minimum atomic E-state index is 0.0338. The van der Waals surface area contributed by atoms with E-state index >= 15 is 0 Å². The van der Waals surface area contributed by atoms with E-state index in [0.29, 0.717) is 17.5 Å². The Hall–Kier alpha value is -2.19. The first-order valence-corrected chi connectivity index (χ1v) is 6.28. The quantitative estimate of drug-likeness (QED) is 0.829. The SMILES string of the molecule is O=C(c1ccccc1)c1ccc(C=CCCO)cc1. The zero-order valence-corrected chi connectivity index (χ0v) is 10.6. The van der Waals surface area contributed by atoms with E-state index < -0.39 is 0 Å². The van der Waals surface area contributed by atoms with Gasteiger partial charge in [0.15, 0.2) is 5.78 Å². The molecular formula is C17H16O2. The smallest absolute Gasteiger partial charge is 0.193 e. The lowest BCUT2D eigenvalue weighted by molar-refractivity contribution is 0.103. The summed E-state index contributed by atoms with van der Waals surface area (Å²) in [7, 11) is 0. The Morgan fingerprint density at radius 1 is 0.947 bits per heavy atom. The molecule has 0 atom stereocenters. The highest BCUT2D eigenvalue weighted by atomic mass is 16.2. The molecule has 0 fully saturated rings. The fraction of sp³-hybridized carbons (Fsp3) is 0.118. The van der Waals surface area contributed by atoms with Crippen molar-refractivity contribution in [2.24, 2.45) is 0 Å². The molecule has 19 heavy (non-hydrogen) atoms. The van der Waals surface area contributed by atoms with E-state index in [0.717, 1.165) is 5.56 Å². The molecule has 2 nitrogen and oxygen atoms in total. The Morgan fingerprint density at radius 2 is 1.58 bits per heavy atom. The second-order valence-corrected chi connectivity index (χ2v) is 4.23. The molecule has 2 rings (SSSR count). The van der Waals surface area contributed by atoms with Gasteiger partial charge in [-0.2, -0.15) is 0 Å². The Bertz CT molecular complexity index is 554. The van der Waals surface area contributed by atoms with Gasteiger partial charge in [-0.25, -0.2) is 0 Å². The fourth-order valence-corrected chi connectivity index (χ4v) is 1.80. The van der Waals surface area contributed by atoms with Gasteiger partial charge in [0, 0.05) is 17.7 Å². The monoisotopic (exact) mass is 252 g/mol. The van der Waals surface area contributed by atoms with Crippen LogP contribution in [0.4, 0.5) is 0 Å². The average Bonchev–Trinajstić information content (AvgIpc) is 2.48. The fourth-order valence-electron chi connectivity index (χ4n) is 1.80. The maximum absolute atomic E-state index is 12.2. The summed E-state index contributed by atoms with van der Waals surface area (Å²) in [6.07, 6.45) is 4.49. The van der Waals surface area contributed by atoms with Crippen molar-refractivity contribution in [3.05, 3.63) is 77.4 Å². The molecule has 0 aliphatic rings. The van der Waals surface area contributed by atoms with Crippen molar-refractivity contribution < 1.29 is 9.90 Å². The van der Waals surface area contributed by atoms with Gasteiger partial charge in [0.25, 0.3) is 0 Å². The van der Waals surface area contributed by atoms with Gasteiger partial charge >= 0.3 is 0 Å². The van der Waals surface area contributed by atoms with E-state index in [4.69, 9.17) is 5.11 Å². The van der Waals surface area contributed by atoms with Crippen LogP contribution in [0.5, 0.6) is 0 Å². The number of aliphatic hydroxyl groups is 1. The van der Waals surface area contributed by atoms with Gasteiger partial charge < -0.3 is 5.11 Å². The minimum Gasteiger partial charge on any atom is -0.396 e. The lowest BCUT2D eigenvalue weighted by Gasteiger charge is -2.01. The largest absolute Gasteiger partial charge is 0.396 e. The summed E-state index contributed by atoms with van der Waals surface area (Å²) in [5, 5.41) is 8.69. The number of carbonyl (C=O) groups excluding carboxylic acids is 1. The average molecular weight is 252 g/mol. The van der Waals surface area contributed by atoms with Crippen LogP contribution < -0.4 is 0 Å². The molecule has 0 saturated heterocycles. The maximum atomic E-state index is 12.2. The van der Waals surface area contributed by atoms with Crippen LogP contribution in [-0.2, 0) is 0 Å². The summed E-state index contributed by atoms with van der Waals surface area (Å²) in [4.78, 5) is 12.2. The van der Waals surface area contributed by atoms with E-state index in [1.165, 1.54) is 0 Å². The van der Waals surface area contributed by atoms with Crippen LogP contribution in [-0.4, -0.2) is 17.5 Å². The minimum absolute atomic E-state index is 0.0338. The number of hydrogen-bond acceptors (Lipinski definition) is 2. The summed E-state index contributed by atoms with van der Waals surface area (Å²) < 4.78 is 0. The Labute approximate surface area is 113 Å². The molecule has 2 heteroatoms. The van der Waals surface area contributed by atoms with Crippen molar-refractivity contribution in [3.8, 4) is 0 Å². The second-order valence-electron chi connectivity index (χ2n) is 4.23. The highest BCUT2D eigenvalue weighted by Crippen LogP contribution is 2.12. The molecule has 0 unspecified atom stereocenters. The summed E-state index contributed by atoms with van der Waals surface area (Å²) in [5.41, 5.74) is 2.41. The zero-order chi connectivity index (χ0) is 13.5. The lowest BCUT2D eigenvalue weighted by Crippen LogP contribution is -2.00. The van der Waals surface area contributed by atoms with Gasteiger partial charge in [0.05, 0.1) is 0 Å². The summed E-state index contributed by atoms with van der Waals surface area (Å²) in [6.45, 7) is 0.154. The van der Waals surface area contributed by atoms with Gasteiger partial charge in [-0.05, 0) is 12.0 Å². The van der Waals surface area contributed by atoms with Crippen LogP contribution in [0.2, 0.25) is 0 Å². The Balaban J connectivity index is 2.12. The van der Waals surface area contributed by atoms with Crippen molar-refractivity contribution >= 4 is 11.9 Å². The van der Waals surface area contributed by atoms with Crippen LogP contribution in [0.15, 0.2) is 60.7 Å². The van der Waals surface area contributed by atoms with Crippen molar-refractivity contribution in [2.75, 3.05) is 6.61 Å². The second kappa shape index (κ2) is 6.66. The molecule has 0 bridgehead atoms. The third-order valence-corrected chi connectivity index (χ3v) is 2.81. The third kappa shape index (κ3) is 3.63. The highest BCUT2D eigenvalue weighted by Gasteiger charge is 2.07. The van der Waals surface area contributed by atoms with Crippen LogP contribution in [0, 0.1) is 0 Å². The number of carbonyl (C=O) groups is 1. The van der Waals surface area contributed by atoms with Crippen LogP contribution in [0.3, 0.4) is 0 Å². The van der Waals surface area contributed by atoms with E-state index in [9.17, 15) is 4.79 Å². The van der Waals surface area contributed by atoms with Crippen LogP contribution in [0.25, 0.3) is 6.08 Å². The van der Waals surface area contributed by atoms with Gasteiger partial charge in [0.2, 0.25) is 0 Å². The lowest BCUT2D eigenvalue weighted by atomic mass is 10.0.